The third-order valence-corrected chi connectivity index (χ3v) is 3.94. The normalized spacial score (nSPS) is 19.3. The molecule has 1 fully saturated rings. The second-order valence-corrected chi connectivity index (χ2v) is 5.90. The fourth-order valence-corrected chi connectivity index (χ4v) is 2.40. The molecule has 1 aromatic heterocycles. The molecule has 0 aliphatic carbocycles. The van der Waals surface area contributed by atoms with Crippen molar-refractivity contribution < 1.29 is 4.79 Å². The number of nitrogens with one attached hydrogen (secondary N) is 1. The lowest BCUT2D eigenvalue weighted by Gasteiger charge is -2.37. The Morgan fingerprint density at radius 2 is 2.11 bits per heavy atom. The largest absolute Gasteiger partial charge is 0.396 e. The SMILES string of the molecule is CN1CCC(C)(CNC(=O)c2nn(C)cc2N)CC1. The maximum absolute atomic E-state index is 12.1. The monoisotopic (exact) mass is 265 g/mol. The maximum Gasteiger partial charge on any atom is 0.273 e. The molecule has 1 saturated heterocycles. The standard InChI is InChI=1S/C13H23N5O/c1-13(4-6-17(2)7-5-13)9-15-12(19)11-10(14)8-18(3)16-11/h8H,4-7,9,14H2,1-3H3,(H,15,19). The van der Waals surface area contributed by atoms with Crippen molar-refractivity contribution in [3.8, 4) is 0 Å². The third kappa shape index (κ3) is 3.26. The predicted octanol–water partition coefficient (Wildman–Crippen LogP) is 0.464. The van der Waals surface area contributed by atoms with Crippen LogP contribution in [0.15, 0.2) is 6.20 Å². The highest BCUT2D eigenvalue weighted by molar-refractivity contribution is 5.96. The average Bonchev–Trinajstić information content (AvgIpc) is 2.70. The van der Waals surface area contributed by atoms with Gasteiger partial charge in [-0.15, -0.1) is 0 Å². The van der Waals surface area contributed by atoms with Crippen LogP contribution in [0.1, 0.15) is 30.3 Å². The Morgan fingerprint density at radius 1 is 1.47 bits per heavy atom. The van der Waals surface area contributed by atoms with Gasteiger partial charge in [0, 0.05) is 19.8 Å². The van der Waals surface area contributed by atoms with E-state index in [2.05, 4.69) is 29.3 Å². The van der Waals surface area contributed by atoms with Gasteiger partial charge < -0.3 is 16.0 Å². The maximum atomic E-state index is 12.1. The van der Waals surface area contributed by atoms with Crippen molar-refractivity contribution in [1.82, 2.24) is 20.0 Å². The summed E-state index contributed by atoms with van der Waals surface area (Å²) in [5.74, 6) is -0.182. The predicted molar refractivity (Wildman–Crippen MR) is 74.8 cm³/mol. The fraction of sp³-hybridized carbons (Fsp3) is 0.692. The van der Waals surface area contributed by atoms with Gasteiger partial charge in [0.15, 0.2) is 5.69 Å². The molecule has 2 rings (SSSR count). The first-order valence-corrected chi connectivity index (χ1v) is 6.65. The molecule has 1 aliphatic heterocycles. The van der Waals surface area contributed by atoms with E-state index in [0.29, 0.717) is 17.9 Å². The van der Waals surface area contributed by atoms with E-state index in [9.17, 15) is 4.79 Å². The lowest BCUT2D eigenvalue weighted by Crippen LogP contribution is -2.43. The van der Waals surface area contributed by atoms with Crippen molar-refractivity contribution >= 4 is 11.6 Å². The summed E-state index contributed by atoms with van der Waals surface area (Å²) in [6.07, 6.45) is 3.84. The Morgan fingerprint density at radius 3 is 2.63 bits per heavy atom. The van der Waals surface area contributed by atoms with Gasteiger partial charge in [-0.25, -0.2) is 0 Å². The molecule has 6 nitrogen and oxygen atoms in total. The summed E-state index contributed by atoms with van der Waals surface area (Å²) in [5, 5.41) is 7.04. The Kier molecular flexibility index (Phi) is 3.80. The van der Waals surface area contributed by atoms with E-state index in [-0.39, 0.29) is 11.3 Å². The highest BCUT2D eigenvalue weighted by Crippen LogP contribution is 2.29. The molecule has 0 atom stereocenters. The highest BCUT2D eigenvalue weighted by Gasteiger charge is 2.29. The van der Waals surface area contributed by atoms with Crippen molar-refractivity contribution in [2.24, 2.45) is 12.5 Å². The number of nitrogens with zero attached hydrogens (tertiary/aromatic N) is 3. The van der Waals surface area contributed by atoms with Gasteiger partial charge in [-0.05, 0) is 38.4 Å². The minimum absolute atomic E-state index is 0.172. The number of amides is 1. The van der Waals surface area contributed by atoms with Crippen LogP contribution < -0.4 is 11.1 Å². The van der Waals surface area contributed by atoms with Gasteiger partial charge in [-0.3, -0.25) is 9.48 Å². The number of carbonyl (C=O) groups is 1. The van der Waals surface area contributed by atoms with Crippen LogP contribution in [0.25, 0.3) is 0 Å². The molecule has 3 N–H and O–H groups in total. The van der Waals surface area contributed by atoms with E-state index < -0.39 is 0 Å². The molecular weight excluding hydrogens is 242 g/mol. The zero-order valence-corrected chi connectivity index (χ0v) is 11.9. The molecule has 1 amide bonds. The molecule has 1 aliphatic rings. The summed E-state index contributed by atoms with van der Waals surface area (Å²) in [7, 11) is 3.89. The number of anilines is 1. The second-order valence-electron chi connectivity index (χ2n) is 5.90. The number of nitrogens with two attached hydrogens (primary N) is 1. The van der Waals surface area contributed by atoms with Gasteiger partial charge in [0.2, 0.25) is 0 Å². The molecule has 0 aromatic carbocycles. The first-order chi connectivity index (χ1) is 8.89. The topological polar surface area (TPSA) is 76.2 Å². The molecule has 0 spiro atoms. The molecule has 1 aromatic rings. The Balaban J connectivity index is 1.92. The molecule has 0 radical (unpaired) electrons. The fourth-order valence-electron chi connectivity index (χ4n) is 2.40. The molecule has 6 heteroatoms. The van der Waals surface area contributed by atoms with Crippen LogP contribution in [-0.4, -0.2) is 47.3 Å². The number of rotatable bonds is 3. The Hall–Kier alpha value is -1.56. The van der Waals surface area contributed by atoms with E-state index in [4.69, 9.17) is 5.73 Å². The van der Waals surface area contributed by atoms with Gasteiger partial charge in [-0.2, -0.15) is 5.10 Å². The number of piperidine rings is 1. The summed E-state index contributed by atoms with van der Waals surface area (Å²) in [6.45, 7) is 5.06. The number of aromatic nitrogens is 2. The van der Waals surface area contributed by atoms with Crippen LogP contribution in [0, 0.1) is 5.41 Å². The Bertz CT molecular complexity index is 460. The average molecular weight is 265 g/mol. The van der Waals surface area contributed by atoms with Crippen molar-refractivity contribution in [2.75, 3.05) is 32.4 Å². The van der Waals surface area contributed by atoms with Crippen LogP contribution in [0.2, 0.25) is 0 Å². The van der Waals surface area contributed by atoms with Gasteiger partial charge in [0.25, 0.3) is 5.91 Å². The summed E-state index contributed by atoms with van der Waals surface area (Å²) >= 11 is 0. The van der Waals surface area contributed by atoms with Crippen molar-refractivity contribution in [3.63, 3.8) is 0 Å². The zero-order valence-electron chi connectivity index (χ0n) is 11.9. The number of nitrogen functional groups attached to an aromatic ring is 1. The smallest absolute Gasteiger partial charge is 0.273 e. The summed E-state index contributed by atoms with van der Waals surface area (Å²) in [5.41, 5.74) is 6.67. The molecule has 0 unspecified atom stereocenters. The van der Waals surface area contributed by atoms with Gasteiger partial charge >= 0.3 is 0 Å². The molecule has 0 saturated carbocycles. The molecule has 2 heterocycles. The van der Waals surface area contributed by atoms with Crippen LogP contribution in [0.5, 0.6) is 0 Å². The van der Waals surface area contributed by atoms with E-state index >= 15 is 0 Å². The minimum Gasteiger partial charge on any atom is -0.396 e. The first kappa shape index (κ1) is 13.9. The van der Waals surface area contributed by atoms with Crippen molar-refractivity contribution in [1.29, 1.82) is 0 Å². The zero-order chi connectivity index (χ0) is 14.0. The van der Waals surface area contributed by atoms with E-state index in [1.807, 2.05) is 0 Å². The first-order valence-electron chi connectivity index (χ1n) is 6.65. The van der Waals surface area contributed by atoms with E-state index in [1.54, 1.807) is 17.9 Å². The van der Waals surface area contributed by atoms with Crippen LogP contribution >= 0.6 is 0 Å². The quantitative estimate of drug-likeness (QED) is 0.832. The second kappa shape index (κ2) is 5.21. The van der Waals surface area contributed by atoms with Gasteiger partial charge in [0.05, 0.1) is 5.69 Å². The minimum atomic E-state index is -0.182. The lowest BCUT2D eigenvalue weighted by atomic mass is 9.80. The number of carbonyl (C=O) groups excluding carboxylic acids is 1. The molecule has 106 valence electrons. The van der Waals surface area contributed by atoms with Gasteiger partial charge in [-0.1, -0.05) is 6.92 Å². The summed E-state index contributed by atoms with van der Waals surface area (Å²) < 4.78 is 1.56. The molecule has 19 heavy (non-hydrogen) atoms. The number of hydrogen-bond acceptors (Lipinski definition) is 4. The number of aryl methyl sites for hydroxylation is 1. The Labute approximate surface area is 113 Å². The van der Waals surface area contributed by atoms with Gasteiger partial charge in [0.1, 0.15) is 0 Å². The summed E-state index contributed by atoms with van der Waals surface area (Å²) in [4.78, 5) is 14.4. The van der Waals surface area contributed by atoms with Crippen LogP contribution in [0.3, 0.4) is 0 Å². The van der Waals surface area contributed by atoms with E-state index in [1.165, 1.54) is 0 Å². The number of likely N-dealkylation sites (tertiary alicyclic amines) is 1. The molecular formula is C13H23N5O. The third-order valence-electron chi connectivity index (χ3n) is 3.94. The van der Waals surface area contributed by atoms with Crippen LogP contribution in [-0.2, 0) is 7.05 Å². The number of hydrogen-bond donors (Lipinski definition) is 2. The van der Waals surface area contributed by atoms with E-state index in [0.717, 1.165) is 25.9 Å². The van der Waals surface area contributed by atoms with Crippen molar-refractivity contribution in [2.45, 2.75) is 19.8 Å². The molecule has 0 bridgehead atoms. The summed E-state index contributed by atoms with van der Waals surface area (Å²) in [6, 6.07) is 0. The van der Waals surface area contributed by atoms with Crippen molar-refractivity contribution in [3.05, 3.63) is 11.9 Å². The van der Waals surface area contributed by atoms with Crippen LogP contribution in [0.4, 0.5) is 5.69 Å². The lowest BCUT2D eigenvalue weighted by molar-refractivity contribution is 0.0887. The highest BCUT2D eigenvalue weighted by atomic mass is 16.2.